The molecule has 0 unspecified atom stereocenters. The van der Waals surface area contributed by atoms with Crippen molar-refractivity contribution in [1.82, 2.24) is 0 Å². The van der Waals surface area contributed by atoms with E-state index in [0.29, 0.717) is 9.13 Å². The lowest BCUT2D eigenvalue weighted by atomic mass is 10.2. The Morgan fingerprint density at radius 1 is 0.941 bits per heavy atom. The zero-order valence-corrected chi connectivity index (χ0v) is 15.2. The van der Waals surface area contributed by atoms with Crippen LogP contribution in [-0.2, 0) is 19.7 Å². The van der Waals surface area contributed by atoms with Crippen molar-refractivity contribution < 1.29 is 16.8 Å². The van der Waals surface area contributed by atoms with Crippen molar-refractivity contribution in [3.05, 3.63) is 18.8 Å². The van der Waals surface area contributed by atoms with Crippen molar-refractivity contribution >= 4 is 64.9 Å². The first-order valence-corrected chi connectivity index (χ1v) is 10.3. The average Bonchev–Trinajstić information content (AvgIpc) is 2.06. The van der Waals surface area contributed by atoms with E-state index in [2.05, 4.69) is 0 Å². The summed E-state index contributed by atoms with van der Waals surface area (Å²) < 4.78 is 48.1. The minimum absolute atomic E-state index is 0.0926. The van der Waals surface area contributed by atoms with E-state index in [1.165, 1.54) is 0 Å². The number of benzene rings is 1. The maximum absolute atomic E-state index is 11.8. The molecule has 1 aromatic rings. The van der Waals surface area contributed by atoms with Gasteiger partial charge in [-0.15, -0.1) is 0 Å². The zero-order chi connectivity index (χ0) is 13.6. The standard InChI is InChI=1S/C9H10I2O4S2/c1-5-4-6(10)7(11)9(17(3,14)15)8(5)16(2,12)13/h4H,1-3H3. The summed E-state index contributed by atoms with van der Waals surface area (Å²) in [7, 11) is -7.16. The highest BCUT2D eigenvalue weighted by molar-refractivity contribution is 14.1. The molecule has 0 saturated heterocycles. The number of sulfone groups is 2. The summed E-state index contributed by atoms with van der Waals surface area (Å²) in [5.41, 5.74) is 0.456. The molecule has 0 saturated carbocycles. The smallest absolute Gasteiger partial charge is 0.177 e. The van der Waals surface area contributed by atoms with Crippen molar-refractivity contribution in [1.29, 1.82) is 0 Å². The van der Waals surface area contributed by atoms with E-state index in [-0.39, 0.29) is 9.79 Å². The maximum atomic E-state index is 11.8. The summed E-state index contributed by atoms with van der Waals surface area (Å²) in [4.78, 5) is -0.185. The number of aryl methyl sites for hydroxylation is 1. The Bertz CT molecular complexity index is 675. The Labute approximate surface area is 128 Å². The molecule has 0 atom stereocenters. The normalized spacial score (nSPS) is 12.8. The molecular formula is C9H10I2O4S2. The van der Waals surface area contributed by atoms with Crippen LogP contribution in [0, 0.1) is 14.1 Å². The molecule has 0 N–H and O–H groups in total. The first kappa shape index (κ1) is 15.6. The fourth-order valence-electron chi connectivity index (χ4n) is 1.50. The van der Waals surface area contributed by atoms with Crippen molar-refractivity contribution in [3.8, 4) is 0 Å². The first-order chi connectivity index (χ1) is 7.46. The summed E-state index contributed by atoms with van der Waals surface area (Å²) >= 11 is 3.86. The molecule has 4 nitrogen and oxygen atoms in total. The largest absolute Gasteiger partial charge is 0.224 e. The van der Waals surface area contributed by atoms with Gasteiger partial charge in [0, 0.05) is 19.7 Å². The van der Waals surface area contributed by atoms with Gasteiger partial charge in [0.15, 0.2) is 19.7 Å². The Balaban J connectivity index is 4.03. The van der Waals surface area contributed by atoms with Crippen LogP contribution < -0.4 is 0 Å². The van der Waals surface area contributed by atoms with Crippen molar-refractivity contribution in [2.45, 2.75) is 16.7 Å². The van der Waals surface area contributed by atoms with Crippen LogP contribution in [0.25, 0.3) is 0 Å². The van der Waals surface area contributed by atoms with Gasteiger partial charge in [0.1, 0.15) is 0 Å². The summed E-state index contributed by atoms with van der Waals surface area (Å²) in [5, 5.41) is 0. The van der Waals surface area contributed by atoms with Gasteiger partial charge in [-0.3, -0.25) is 0 Å². The predicted octanol–water partition coefficient (Wildman–Crippen LogP) is 2.01. The quantitative estimate of drug-likeness (QED) is 0.584. The average molecular weight is 500 g/mol. The third kappa shape index (κ3) is 3.32. The van der Waals surface area contributed by atoms with Crippen molar-refractivity contribution in [2.24, 2.45) is 0 Å². The molecule has 0 amide bonds. The summed E-state index contributed by atoms with van der Waals surface area (Å²) in [6.07, 6.45) is 2.04. The van der Waals surface area contributed by atoms with Gasteiger partial charge in [0.2, 0.25) is 0 Å². The molecule has 0 aliphatic carbocycles. The van der Waals surface area contributed by atoms with Crippen LogP contribution in [0.2, 0.25) is 0 Å². The van der Waals surface area contributed by atoms with Crippen LogP contribution in [0.5, 0.6) is 0 Å². The fourth-order valence-corrected chi connectivity index (χ4v) is 7.15. The van der Waals surface area contributed by atoms with Gasteiger partial charge in [-0.1, -0.05) is 0 Å². The molecule has 1 rings (SSSR count). The lowest BCUT2D eigenvalue weighted by Crippen LogP contribution is -2.12. The number of rotatable bonds is 2. The van der Waals surface area contributed by atoms with Gasteiger partial charge in [-0.25, -0.2) is 16.8 Å². The topological polar surface area (TPSA) is 68.3 Å². The molecule has 8 heteroatoms. The van der Waals surface area contributed by atoms with E-state index in [9.17, 15) is 16.8 Å². The van der Waals surface area contributed by atoms with Crippen LogP contribution in [0.3, 0.4) is 0 Å². The molecule has 0 aliphatic rings. The Kier molecular flexibility index (Phi) is 4.53. The Hall–Kier alpha value is 0.580. The monoisotopic (exact) mass is 500 g/mol. The van der Waals surface area contributed by atoms with E-state index >= 15 is 0 Å². The second-order valence-electron chi connectivity index (χ2n) is 3.69. The number of halogens is 2. The minimum atomic E-state index is -3.58. The lowest BCUT2D eigenvalue weighted by molar-refractivity contribution is 0.587. The van der Waals surface area contributed by atoms with Crippen molar-refractivity contribution in [3.63, 3.8) is 0 Å². The van der Waals surface area contributed by atoms with E-state index in [0.717, 1.165) is 16.1 Å². The third-order valence-electron chi connectivity index (χ3n) is 2.06. The molecule has 0 radical (unpaired) electrons. The molecule has 0 heterocycles. The van der Waals surface area contributed by atoms with Gasteiger partial charge in [0.25, 0.3) is 0 Å². The van der Waals surface area contributed by atoms with Gasteiger partial charge < -0.3 is 0 Å². The summed E-state index contributed by atoms with van der Waals surface area (Å²) in [6.45, 7) is 1.60. The first-order valence-electron chi connectivity index (χ1n) is 4.35. The second-order valence-corrected chi connectivity index (χ2v) is 9.84. The molecule has 96 valence electrons. The molecule has 0 bridgehead atoms. The van der Waals surface area contributed by atoms with Crippen LogP contribution in [0.1, 0.15) is 5.56 Å². The molecule has 1 aromatic carbocycles. The minimum Gasteiger partial charge on any atom is -0.224 e. The van der Waals surface area contributed by atoms with Crippen LogP contribution >= 0.6 is 45.2 Å². The number of hydrogen-bond donors (Lipinski definition) is 0. The fraction of sp³-hybridized carbons (Fsp3) is 0.333. The molecule has 0 fully saturated rings. The molecule has 0 spiro atoms. The Morgan fingerprint density at radius 2 is 1.35 bits per heavy atom. The Morgan fingerprint density at radius 3 is 1.71 bits per heavy atom. The predicted molar refractivity (Wildman–Crippen MR) is 82.8 cm³/mol. The second kappa shape index (κ2) is 4.93. The SMILES string of the molecule is Cc1cc(I)c(I)c(S(C)(=O)=O)c1S(C)(=O)=O. The highest BCUT2D eigenvalue weighted by atomic mass is 127. The van der Waals surface area contributed by atoms with Crippen LogP contribution in [0.15, 0.2) is 15.9 Å². The molecule has 17 heavy (non-hydrogen) atoms. The molecule has 0 aliphatic heterocycles. The van der Waals surface area contributed by atoms with E-state index in [1.54, 1.807) is 13.0 Å². The van der Waals surface area contributed by atoms with Gasteiger partial charge in [-0.2, -0.15) is 0 Å². The van der Waals surface area contributed by atoms with E-state index < -0.39 is 19.7 Å². The maximum Gasteiger partial charge on any atom is 0.177 e. The summed E-state index contributed by atoms with van der Waals surface area (Å²) in [5.74, 6) is 0. The highest BCUT2D eigenvalue weighted by Crippen LogP contribution is 2.32. The van der Waals surface area contributed by atoms with Crippen LogP contribution in [-0.4, -0.2) is 29.3 Å². The van der Waals surface area contributed by atoms with Gasteiger partial charge in [0.05, 0.1) is 9.79 Å². The third-order valence-corrected chi connectivity index (χ3v) is 7.97. The molecular weight excluding hydrogens is 490 g/mol. The highest BCUT2D eigenvalue weighted by Gasteiger charge is 2.27. The van der Waals surface area contributed by atoms with E-state index in [1.807, 2.05) is 45.2 Å². The van der Waals surface area contributed by atoms with Gasteiger partial charge >= 0.3 is 0 Å². The van der Waals surface area contributed by atoms with Crippen LogP contribution in [0.4, 0.5) is 0 Å². The lowest BCUT2D eigenvalue weighted by Gasteiger charge is -2.13. The number of hydrogen-bond acceptors (Lipinski definition) is 4. The summed E-state index contributed by atoms with van der Waals surface area (Å²) in [6, 6.07) is 1.67. The van der Waals surface area contributed by atoms with Gasteiger partial charge in [-0.05, 0) is 63.7 Å². The van der Waals surface area contributed by atoms with Crippen molar-refractivity contribution in [2.75, 3.05) is 12.5 Å². The molecule has 0 aromatic heterocycles. The van der Waals surface area contributed by atoms with E-state index in [4.69, 9.17) is 0 Å². The zero-order valence-electron chi connectivity index (χ0n) is 9.28.